The summed E-state index contributed by atoms with van der Waals surface area (Å²) in [5.41, 5.74) is 0.898. The van der Waals surface area contributed by atoms with Crippen molar-refractivity contribution < 1.29 is 13.2 Å². The Balaban J connectivity index is 1.34. The molecule has 0 spiro atoms. The summed E-state index contributed by atoms with van der Waals surface area (Å²) in [6.45, 7) is 6.74. The van der Waals surface area contributed by atoms with Crippen LogP contribution in [0.4, 0.5) is 5.13 Å². The fourth-order valence-corrected chi connectivity index (χ4v) is 6.74. The highest BCUT2D eigenvalue weighted by atomic mass is 35.5. The van der Waals surface area contributed by atoms with E-state index in [4.69, 9.17) is 11.6 Å². The van der Waals surface area contributed by atoms with Crippen molar-refractivity contribution in [1.82, 2.24) is 14.3 Å². The lowest BCUT2D eigenvalue weighted by Gasteiger charge is -2.36. The molecule has 7 nitrogen and oxygen atoms in total. The van der Waals surface area contributed by atoms with Crippen LogP contribution in [-0.4, -0.2) is 60.5 Å². The number of rotatable bonds is 6. The summed E-state index contributed by atoms with van der Waals surface area (Å²) in [7, 11) is -3.36. The minimum atomic E-state index is -3.36. The van der Waals surface area contributed by atoms with E-state index in [0.717, 1.165) is 61.7 Å². The van der Waals surface area contributed by atoms with Crippen LogP contribution in [0.25, 0.3) is 0 Å². The van der Waals surface area contributed by atoms with Gasteiger partial charge in [0.15, 0.2) is 9.84 Å². The number of piperidine rings is 1. The second-order valence-corrected chi connectivity index (χ2v) is 12.2. The van der Waals surface area contributed by atoms with Crippen LogP contribution < -0.4 is 4.90 Å². The number of likely N-dealkylation sites (tertiary alicyclic amines) is 1. The van der Waals surface area contributed by atoms with E-state index < -0.39 is 9.84 Å². The Kier molecular flexibility index (Phi) is 6.79. The Bertz CT molecular complexity index is 1090. The van der Waals surface area contributed by atoms with Gasteiger partial charge in [0.25, 0.3) is 0 Å². The molecule has 1 aromatic heterocycles. The van der Waals surface area contributed by atoms with Crippen LogP contribution in [0.2, 0.25) is 5.02 Å². The van der Waals surface area contributed by atoms with E-state index in [1.165, 1.54) is 17.6 Å². The molecule has 1 amide bonds. The summed E-state index contributed by atoms with van der Waals surface area (Å²) in [4.78, 5) is 22.2. The Morgan fingerprint density at radius 1 is 1.19 bits per heavy atom. The first-order valence-corrected chi connectivity index (χ1v) is 14.0. The third-order valence-corrected chi connectivity index (χ3v) is 8.72. The van der Waals surface area contributed by atoms with Crippen LogP contribution in [0.5, 0.6) is 0 Å². The lowest BCUT2D eigenvalue weighted by molar-refractivity contribution is -0.133. The second kappa shape index (κ2) is 9.27. The molecule has 0 bridgehead atoms. The molecule has 2 fully saturated rings. The van der Waals surface area contributed by atoms with E-state index in [-0.39, 0.29) is 27.8 Å². The van der Waals surface area contributed by atoms with Crippen molar-refractivity contribution >= 4 is 44.0 Å². The fraction of sp³-hybridized carbons (Fsp3) is 0.591. The van der Waals surface area contributed by atoms with Gasteiger partial charge in [-0.15, -0.1) is 0 Å². The van der Waals surface area contributed by atoms with Gasteiger partial charge in [-0.05, 0) is 43.4 Å². The van der Waals surface area contributed by atoms with Gasteiger partial charge in [-0.1, -0.05) is 31.5 Å². The third-order valence-electron chi connectivity index (χ3n) is 6.35. The third kappa shape index (κ3) is 4.94. The number of benzene rings is 1. The number of nitrogens with zero attached hydrogens (tertiary/aromatic N) is 4. The number of anilines is 1. The number of amides is 1. The molecule has 0 radical (unpaired) electrons. The van der Waals surface area contributed by atoms with Crippen LogP contribution in [0.3, 0.4) is 0 Å². The van der Waals surface area contributed by atoms with Gasteiger partial charge in [0.05, 0.1) is 9.92 Å². The van der Waals surface area contributed by atoms with Crippen LogP contribution in [0.1, 0.15) is 50.4 Å². The van der Waals surface area contributed by atoms with Gasteiger partial charge in [-0.2, -0.15) is 4.37 Å². The molecule has 3 heterocycles. The number of halogens is 1. The molecular weight excluding hydrogens is 468 g/mol. The van der Waals surface area contributed by atoms with Crippen LogP contribution in [0, 0.1) is 5.92 Å². The lowest BCUT2D eigenvalue weighted by Crippen LogP contribution is -2.46. The molecule has 174 valence electrons. The SMILES string of the molecule is CC(C)c1nsc(N2CCC(N3CC[C@H](Cc4ccc(S(C)(=O)=O)c(Cl)c4)C3=O)CC2)n1. The largest absolute Gasteiger partial charge is 0.347 e. The Labute approximate surface area is 198 Å². The van der Waals surface area contributed by atoms with E-state index in [0.29, 0.717) is 12.3 Å². The van der Waals surface area contributed by atoms with Crippen LogP contribution in [-0.2, 0) is 21.1 Å². The Morgan fingerprint density at radius 3 is 2.50 bits per heavy atom. The van der Waals surface area contributed by atoms with Gasteiger partial charge < -0.3 is 9.80 Å². The molecule has 0 aliphatic carbocycles. The highest BCUT2D eigenvalue weighted by Gasteiger charge is 2.37. The van der Waals surface area contributed by atoms with Gasteiger partial charge in [0, 0.05) is 55.3 Å². The van der Waals surface area contributed by atoms with Gasteiger partial charge in [0.2, 0.25) is 11.0 Å². The first-order valence-electron chi connectivity index (χ1n) is 11.0. The van der Waals surface area contributed by atoms with Gasteiger partial charge in [0.1, 0.15) is 5.82 Å². The summed E-state index contributed by atoms with van der Waals surface area (Å²) in [6, 6.07) is 5.25. The maximum Gasteiger partial charge on any atom is 0.226 e. The van der Waals surface area contributed by atoms with E-state index in [1.807, 2.05) is 4.90 Å². The summed E-state index contributed by atoms with van der Waals surface area (Å²) < 4.78 is 28.0. The fourth-order valence-electron chi connectivity index (χ4n) is 4.53. The van der Waals surface area contributed by atoms with Crippen molar-refractivity contribution in [2.24, 2.45) is 5.92 Å². The summed E-state index contributed by atoms with van der Waals surface area (Å²) in [5.74, 6) is 1.35. The first-order chi connectivity index (χ1) is 15.1. The predicted molar refractivity (Wildman–Crippen MR) is 127 cm³/mol. The normalized spacial score (nSPS) is 20.5. The van der Waals surface area contributed by atoms with E-state index in [2.05, 4.69) is 28.1 Å². The Hall–Kier alpha value is -1.71. The predicted octanol–water partition coefficient (Wildman–Crippen LogP) is 3.78. The molecule has 1 aromatic carbocycles. The van der Waals surface area contributed by atoms with Crippen molar-refractivity contribution in [3.05, 3.63) is 34.6 Å². The van der Waals surface area contributed by atoms with Crippen LogP contribution in [0.15, 0.2) is 23.1 Å². The van der Waals surface area contributed by atoms with Crippen molar-refractivity contribution in [1.29, 1.82) is 0 Å². The van der Waals surface area contributed by atoms with Gasteiger partial charge >= 0.3 is 0 Å². The first kappa shape index (κ1) is 23.4. The average molecular weight is 497 g/mol. The monoisotopic (exact) mass is 496 g/mol. The number of carbonyl (C=O) groups is 1. The molecule has 2 aliphatic rings. The molecule has 2 aromatic rings. The molecular formula is C22H29ClN4O3S2. The van der Waals surface area contributed by atoms with Crippen molar-refractivity contribution in [2.75, 3.05) is 30.8 Å². The summed E-state index contributed by atoms with van der Waals surface area (Å²) in [5, 5.41) is 1.20. The maximum atomic E-state index is 13.1. The van der Waals surface area contributed by atoms with Gasteiger partial charge in [-0.25, -0.2) is 13.4 Å². The Morgan fingerprint density at radius 2 is 1.91 bits per heavy atom. The molecule has 32 heavy (non-hydrogen) atoms. The lowest BCUT2D eigenvalue weighted by atomic mass is 9.97. The van der Waals surface area contributed by atoms with Crippen molar-refractivity contribution in [2.45, 2.75) is 56.4 Å². The van der Waals surface area contributed by atoms with Crippen molar-refractivity contribution in [3.63, 3.8) is 0 Å². The highest BCUT2D eigenvalue weighted by molar-refractivity contribution is 7.90. The zero-order valence-electron chi connectivity index (χ0n) is 18.6. The molecule has 2 aliphatic heterocycles. The van der Waals surface area contributed by atoms with E-state index >= 15 is 0 Å². The maximum absolute atomic E-state index is 13.1. The quantitative estimate of drug-likeness (QED) is 0.605. The summed E-state index contributed by atoms with van der Waals surface area (Å²) >= 11 is 7.64. The highest BCUT2D eigenvalue weighted by Crippen LogP contribution is 2.31. The number of carbonyl (C=O) groups excluding carboxylic acids is 1. The zero-order valence-corrected chi connectivity index (χ0v) is 21.0. The smallest absolute Gasteiger partial charge is 0.226 e. The topological polar surface area (TPSA) is 83.5 Å². The molecule has 0 N–H and O–H groups in total. The molecule has 0 saturated carbocycles. The average Bonchev–Trinajstić information content (AvgIpc) is 3.35. The number of sulfone groups is 1. The minimum absolute atomic E-state index is 0.0788. The molecule has 0 unspecified atom stereocenters. The number of hydrogen-bond acceptors (Lipinski definition) is 7. The van der Waals surface area contributed by atoms with E-state index in [1.54, 1.807) is 12.1 Å². The van der Waals surface area contributed by atoms with Crippen LogP contribution >= 0.6 is 23.1 Å². The summed E-state index contributed by atoms with van der Waals surface area (Å²) in [6.07, 6.45) is 4.42. The standard InChI is InChI=1S/C22H29ClN4O3S2/c1-14(2)20-24-22(31-25-20)26-9-7-17(8-10-26)27-11-6-16(21(27)28)12-15-4-5-19(18(23)13-15)32(3,29)30/h4-5,13-14,16-17H,6-12H2,1-3H3/t16-/m1/s1. The minimum Gasteiger partial charge on any atom is -0.347 e. The van der Waals surface area contributed by atoms with Gasteiger partial charge in [-0.3, -0.25) is 4.79 Å². The molecule has 2 saturated heterocycles. The molecule has 1 atom stereocenters. The molecule has 4 rings (SSSR count). The molecule has 10 heteroatoms. The second-order valence-electron chi connectivity index (χ2n) is 9.07. The number of aromatic nitrogens is 2. The zero-order chi connectivity index (χ0) is 23.0. The number of hydrogen-bond donors (Lipinski definition) is 0. The van der Waals surface area contributed by atoms with E-state index in [9.17, 15) is 13.2 Å². The van der Waals surface area contributed by atoms with Crippen molar-refractivity contribution in [3.8, 4) is 0 Å².